The second-order valence-electron chi connectivity index (χ2n) is 5.76. The molecule has 0 aliphatic carbocycles. The lowest BCUT2D eigenvalue weighted by atomic mass is 10.0. The highest BCUT2D eigenvalue weighted by molar-refractivity contribution is 5.96. The molecular formula is C20H20N2O2. The minimum atomic E-state index is -0.127. The summed E-state index contributed by atoms with van der Waals surface area (Å²) < 4.78 is 6.63. The molecule has 2 aromatic carbocycles. The van der Waals surface area contributed by atoms with E-state index in [0.717, 1.165) is 29.1 Å². The van der Waals surface area contributed by atoms with Crippen LogP contribution in [-0.2, 0) is 6.42 Å². The van der Waals surface area contributed by atoms with Crippen molar-refractivity contribution in [3.63, 3.8) is 0 Å². The van der Waals surface area contributed by atoms with Gasteiger partial charge in [0.2, 0.25) is 0 Å². The van der Waals surface area contributed by atoms with E-state index in [1.165, 1.54) is 10.2 Å². The number of carbonyl (C=O) groups excluding carboxylic acids is 1. The number of hydrogen-bond donors (Lipinski definition) is 0. The van der Waals surface area contributed by atoms with Crippen LogP contribution in [0.3, 0.4) is 0 Å². The average molecular weight is 320 g/mol. The molecule has 0 aliphatic heterocycles. The smallest absolute Gasteiger partial charge is 0.278 e. The number of methoxy groups -OCH3 is 1. The molecule has 0 bridgehead atoms. The zero-order valence-electron chi connectivity index (χ0n) is 14.1. The van der Waals surface area contributed by atoms with E-state index >= 15 is 0 Å². The van der Waals surface area contributed by atoms with Gasteiger partial charge in [0.05, 0.1) is 12.8 Å². The molecule has 3 aromatic rings. The largest absolute Gasteiger partial charge is 0.497 e. The van der Waals surface area contributed by atoms with Gasteiger partial charge in [0.25, 0.3) is 5.91 Å². The summed E-state index contributed by atoms with van der Waals surface area (Å²) >= 11 is 0. The van der Waals surface area contributed by atoms with E-state index in [0.29, 0.717) is 5.56 Å². The molecule has 0 aliphatic rings. The normalized spacial score (nSPS) is 10.6. The van der Waals surface area contributed by atoms with Crippen LogP contribution in [-0.4, -0.2) is 22.8 Å². The summed E-state index contributed by atoms with van der Waals surface area (Å²) in [5.41, 5.74) is 4.67. The van der Waals surface area contributed by atoms with Gasteiger partial charge in [-0.15, -0.1) is 0 Å². The third-order valence-corrected chi connectivity index (χ3v) is 4.19. The number of hydrogen-bond acceptors (Lipinski definition) is 3. The van der Waals surface area contributed by atoms with E-state index in [9.17, 15) is 4.79 Å². The summed E-state index contributed by atoms with van der Waals surface area (Å²) in [5.74, 6) is 0.599. The third-order valence-electron chi connectivity index (χ3n) is 4.19. The summed E-state index contributed by atoms with van der Waals surface area (Å²) in [6.45, 7) is 3.89. The Balaban J connectivity index is 1.91. The lowest BCUT2D eigenvalue weighted by Gasteiger charge is -2.06. The van der Waals surface area contributed by atoms with Crippen LogP contribution in [0.4, 0.5) is 0 Å². The molecule has 122 valence electrons. The quantitative estimate of drug-likeness (QED) is 0.734. The molecule has 0 amide bonds. The van der Waals surface area contributed by atoms with Crippen molar-refractivity contribution in [2.75, 3.05) is 7.11 Å². The van der Waals surface area contributed by atoms with Crippen molar-refractivity contribution in [2.24, 2.45) is 0 Å². The fraction of sp³-hybridized carbons (Fsp3) is 0.200. The van der Waals surface area contributed by atoms with Gasteiger partial charge in [0, 0.05) is 23.2 Å². The van der Waals surface area contributed by atoms with Crippen LogP contribution in [0.1, 0.15) is 32.9 Å². The van der Waals surface area contributed by atoms with Crippen LogP contribution in [0, 0.1) is 13.8 Å². The molecule has 0 radical (unpaired) electrons. The number of aromatic nitrogens is 2. The first-order chi connectivity index (χ1) is 11.6. The minimum absolute atomic E-state index is 0.127. The van der Waals surface area contributed by atoms with Crippen molar-refractivity contribution < 1.29 is 9.53 Å². The van der Waals surface area contributed by atoms with Crippen molar-refractivity contribution in [3.05, 3.63) is 82.7 Å². The van der Waals surface area contributed by atoms with E-state index in [1.807, 2.05) is 32.0 Å². The van der Waals surface area contributed by atoms with Gasteiger partial charge in [-0.2, -0.15) is 5.10 Å². The topological polar surface area (TPSA) is 44.1 Å². The number of benzene rings is 2. The maximum absolute atomic E-state index is 12.7. The molecule has 4 nitrogen and oxygen atoms in total. The molecule has 0 saturated carbocycles. The minimum Gasteiger partial charge on any atom is -0.497 e. The molecule has 4 heteroatoms. The van der Waals surface area contributed by atoms with Gasteiger partial charge in [-0.3, -0.25) is 4.79 Å². The van der Waals surface area contributed by atoms with E-state index in [1.54, 1.807) is 31.4 Å². The molecule has 3 rings (SSSR count). The van der Waals surface area contributed by atoms with Gasteiger partial charge < -0.3 is 4.74 Å². The van der Waals surface area contributed by atoms with E-state index in [-0.39, 0.29) is 5.91 Å². The Hall–Kier alpha value is -2.88. The van der Waals surface area contributed by atoms with Gasteiger partial charge in [0.1, 0.15) is 5.75 Å². The van der Waals surface area contributed by atoms with Crippen molar-refractivity contribution >= 4 is 5.91 Å². The lowest BCUT2D eigenvalue weighted by Crippen LogP contribution is -2.15. The van der Waals surface area contributed by atoms with Gasteiger partial charge in [-0.1, -0.05) is 30.3 Å². The fourth-order valence-corrected chi connectivity index (χ4v) is 2.78. The first-order valence-corrected chi connectivity index (χ1v) is 7.88. The lowest BCUT2D eigenvalue weighted by molar-refractivity contribution is 0.0942. The molecular weight excluding hydrogens is 300 g/mol. The van der Waals surface area contributed by atoms with Gasteiger partial charge in [-0.05, 0) is 43.7 Å². The second-order valence-corrected chi connectivity index (χ2v) is 5.76. The second kappa shape index (κ2) is 6.71. The van der Waals surface area contributed by atoms with Crippen LogP contribution >= 0.6 is 0 Å². The standard InChI is InChI=1S/C20H20N2O2/c1-14-19(13-16-7-5-4-6-8-16)15(2)22(21-14)20(23)17-9-11-18(24-3)12-10-17/h4-12H,13H2,1-3H3. The monoisotopic (exact) mass is 320 g/mol. The Morgan fingerprint density at radius 2 is 1.71 bits per heavy atom. The first kappa shape index (κ1) is 16.0. The summed E-state index contributed by atoms with van der Waals surface area (Å²) in [4.78, 5) is 12.7. The van der Waals surface area contributed by atoms with Crippen molar-refractivity contribution in [2.45, 2.75) is 20.3 Å². The Morgan fingerprint density at radius 1 is 1.04 bits per heavy atom. The molecule has 0 spiro atoms. The van der Waals surface area contributed by atoms with Crippen LogP contribution < -0.4 is 4.74 Å². The number of carbonyl (C=O) groups is 1. The Morgan fingerprint density at radius 3 is 2.33 bits per heavy atom. The highest BCUT2D eigenvalue weighted by Gasteiger charge is 2.18. The highest BCUT2D eigenvalue weighted by Crippen LogP contribution is 2.19. The molecule has 0 fully saturated rings. The Labute approximate surface area is 141 Å². The van der Waals surface area contributed by atoms with Crippen molar-refractivity contribution in [3.8, 4) is 5.75 Å². The summed E-state index contributed by atoms with van der Waals surface area (Å²) in [6, 6.07) is 17.3. The molecule has 0 atom stereocenters. The molecule has 24 heavy (non-hydrogen) atoms. The third kappa shape index (κ3) is 3.08. The summed E-state index contributed by atoms with van der Waals surface area (Å²) in [7, 11) is 1.60. The van der Waals surface area contributed by atoms with Crippen LogP contribution in [0.25, 0.3) is 0 Å². The SMILES string of the molecule is COc1ccc(C(=O)n2nc(C)c(Cc3ccccc3)c2C)cc1. The van der Waals surface area contributed by atoms with Crippen LogP contribution in [0.2, 0.25) is 0 Å². The maximum atomic E-state index is 12.7. The van der Waals surface area contributed by atoms with Gasteiger partial charge in [-0.25, -0.2) is 4.68 Å². The van der Waals surface area contributed by atoms with E-state index in [2.05, 4.69) is 17.2 Å². The number of nitrogens with zero attached hydrogens (tertiary/aromatic N) is 2. The maximum Gasteiger partial charge on any atom is 0.278 e. The zero-order valence-corrected chi connectivity index (χ0v) is 14.1. The predicted octanol–water partition coefficient (Wildman–Crippen LogP) is 3.79. The number of aryl methyl sites for hydroxylation is 1. The Bertz CT molecular complexity index is 849. The van der Waals surface area contributed by atoms with E-state index < -0.39 is 0 Å². The fourth-order valence-electron chi connectivity index (χ4n) is 2.78. The van der Waals surface area contributed by atoms with Gasteiger partial charge in [0.15, 0.2) is 0 Å². The zero-order chi connectivity index (χ0) is 17.1. The molecule has 0 N–H and O–H groups in total. The number of rotatable bonds is 4. The van der Waals surface area contributed by atoms with Gasteiger partial charge >= 0.3 is 0 Å². The first-order valence-electron chi connectivity index (χ1n) is 7.88. The molecule has 1 heterocycles. The average Bonchev–Trinajstić information content (AvgIpc) is 2.90. The van der Waals surface area contributed by atoms with Crippen LogP contribution in [0.15, 0.2) is 54.6 Å². The molecule has 0 unspecified atom stereocenters. The van der Waals surface area contributed by atoms with Crippen LogP contribution in [0.5, 0.6) is 5.75 Å². The highest BCUT2D eigenvalue weighted by atomic mass is 16.5. The van der Waals surface area contributed by atoms with E-state index in [4.69, 9.17) is 4.74 Å². The molecule has 0 saturated heterocycles. The summed E-state index contributed by atoms with van der Waals surface area (Å²) in [6.07, 6.45) is 0.772. The summed E-state index contributed by atoms with van der Waals surface area (Å²) in [5, 5.41) is 4.46. The molecule has 1 aromatic heterocycles. The Kier molecular flexibility index (Phi) is 4.47. The van der Waals surface area contributed by atoms with Crippen molar-refractivity contribution in [1.29, 1.82) is 0 Å². The van der Waals surface area contributed by atoms with Crippen molar-refractivity contribution in [1.82, 2.24) is 9.78 Å². The number of ether oxygens (including phenoxy) is 1. The predicted molar refractivity (Wildman–Crippen MR) is 93.7 cm³/mol.